The fourth-order valence-corrected chi connectivity index (χ4v) is 0.695. The molecule has 0 amide bonds. The molecule has 0 aliphatic heterocycles. The van der Waals surface area contributed by atoms with Gasteiger partial charge in [0.25, 0.3) is 0 Å². The van der Waals surface area contributed by atoms with Crippen molar-refractivity contribution in [3.8, 4) is 0 Å². The molecule has 0 unspecified atom stereocenters. The van der Waals surface area contributed by atoms with Gasteiger partial charge in [0, 0.05) is 0 Å². The number of aliphatic hydroxyl groups is 1. The van der Waals surface area contributed by atoms with E-state index < -0.39 is 0 Å². The van der Waals surface area contributed by atoms with Crippen molar-refractivity contribution in [2.45, 2.75) is 25.9 Å². The Morgan fingerprint density at radius 3 is 2.29 bits per heavy atom. The molecule has 7 heavy (non-hydrogen) atoms. The van der Waals surface area contributed by atoms with Crippen LogP contribution in [0, 0.1) is 12.3 Å². The zero-order valence-corrected chi connectivity index (χ0v) is 4.81. The molecule has 41 valence electrons. The summed E-state index contributed by atoms with van der Waals surface area (Å²) in [5, 5.41) is 9.15. The predicted molar refractivity (Wildman–Crippen MR) is 28.7 cm³/mol. The molecule has 1 fully saturated rings. The van der Waals surface area contributed by atoms with E-state index in [0.717, 1.165) is 6.42 Å². The quantitative estimate of drug-likeness (QED) is 0.480. The molecule has 1 aliphatic rings. The molecule has 2 atom stereocenters. The molecule has 0 spiro atoms. The normalized spacial score (nSPS) is 51.0. The molecule has 1 nitrogen and oxygen atoms in total. The topological polar surface area (TPSA) is 20.2 Å². The Labute approximate surface area is 44.4 Å². The Hall–Kier alpha value is -0.0400. The van der Waals surface area contributed by atoms with Crippen LogP contribution in [-0.4, -0.2) is 10.7 Å². The Balaban J connectivity index is 2.43. The van der Waals surface area contributed by atoms with E-state index in [1.54, 1.807) is 0 Å². The molecule has 1 rings (SSSR count). The predicted octanol–water partition coefficient (Wildman–Crippen LogP) is 0.981. The fraction of sp³-hybridized carbons (Fsp3) is 0.833. The van der Waals surface area contributed by atoms with Crippen molar-refractivity contribution in [1.82, 2.24) is 0 Å². The lowest BCUT2D eigenvalue weighted by Gasteiger charge is -2.39. The van der Waals surface area contributed by atoms with E-state index in [-0.39, 0.29) is 5.60 Å². The van der Waals surface area contributed by atoms with Crippen LogP contribution in [0.2, 0.25) is 0 Å². The van der Waals surface area contributed by atoms with E-state index in [4.69, 9.17) is 5.11 Å². The van der Waals surface area contributed by atoms with Crippen LogP contribution in [0.5, 0.6) is 0 Å². The number of hydrogen-bond donors (Lipinski definition) is 1. The summed E-state index contributed by atoms with van der Waals surface area (Å²) in [5.74, 6) is 0.410. The molecule has 1 aliphatic carbocycles. The fourth-order valence-electron chi connectivity index (χ4n) is 0.695. The van der Waals surface area contributed by atoms with E-state index in [1.807, 2.05) is 13.8 Å². The smallest absolute Gasteiger partial charge is 0.0650 e. The third-order valence-electron chi connectivity index (χ3n) is 1.87. The average Bonchev–Trinajstić information content (AvgIpc) is 1.63. The lowest BCUT2D eigenvalue weighted by Crippen LogP contribution is -2.42. The summed E-state index contributed by atoms with van der Waals surface area (Å²) >= 11 is 0. The summed E-state index contributed by atoms with van der Waals surface area (Å²) in [4.78, 5) is 0. The second-order valence-corrected chi connectivity index (χ2v) is 2.59. The van der Waals surface area contributed by atoms with E-state index in [9.17, 15) is 0 Å². The van der Waals surface area contributed by atoms with Gasteiger partial charge in [-0.1, -0.05) is 6.92 Å². The van der Waals surface area contributed by atoms with Crippen molar-refractivity contribution in [3.05, 3.63) is 6.42 Å². The zero-order valence-electron chi connectivity index (χ0n) is 4.81. The lowest BCUT2D eigenvalue weighted by atomic mass is 9.72. The van der Waals surface area contributed by atoms with Crippen molar-refractivity contribution in [2.75, 3.05) is 0 Å². The van der Waals surface area contributed by atoms with Gasteiger partial charge < -0.3 is 5.11 Å². The highest BCUT2D eigenvalue weighted by atomic mass is 16.3. The molecule has 0 heterocycles. The maximum atomic E-state index is 9.15. The molecule has 1 saturated carbocycles. The summed E-state index contributed by atoms with van der Waals surface area (Å²) in [6, 6.07) is 0. The molecule has 0 saturated heterocycles. The summed E-state index contributed by atoms with van der Waals surface area (Å²) in [6.07, 6.45) is 2.99. The van der Waals surface area contributed by atoms with Crippen LogP contribution < -0.4 is 0 Å². The molecule has 0 aromatic rings. The summed E-state index contributed by atoms with van der Waals surface area (Å²) in [5.41, 5.74) is -0.375. The average molecular weight is 99.2 g/mol. The minimum absolute atomic E-state index is 0.375. The van der Waals surface area contributed by atoms with Gasteiger partial charge in [0.1, 0.15) is 0 Å². The number of hydrogen-bond acceptors (Lipinski definition) is 1. The van der Waals surface area contributed by atoms with Gasteiger partial charge in [-0.05, 0) is 25.7 Å². The molecule has 0 aromatic carbocycles. The van der Waals surface area contributed by atoms with Gasteiger partial charge >= 0.3 is 0 Å². The third-order valence-corrected chi connectivity index (χ3v) is 1.87. The van der Waals surface area contributed by atoms with Crippen LogP contribution in [0.1, 0.15) is 20.3 Å². The Morgan fingerprint density at radius 1 is 1.86 bits per heavy atom. The van der Waals surface area contributed by atoms with E-state index >= 15 is 0 Å². The first-order valence-electron chi connectivity index (χ1n) is 2.68. The third kappa shape index (κ3) is 0.653. The van der Waals surface area contributed by atoms with Crippen LogP contribution in [0.15, 0.2) is 0 Å². The van der Waals surface area contributed by atoms with Gasteiger partial charge in [-0.2, -0.15) is 0 Å². The van der Waals surface area contributed by atoms with Crippen LogP contribution in [0.4, 0.5) is 0 Å². The van der Waals surface area contributed by atoms with Crippen molar-refractivity contribution < 1.29 is 5.11 Å². The highest BCUT2D eigenvalue weighted by Crippen LogP contribution is 2.35. The summed E-state index contributed by atoms with van der Waals surface area (Å²) in [6.45, 7) is 3.90. The zero-order chi connectivity index (χ0) is 5.49. The molecule has 0 bridgehead atoms. The second-order valence-electron chi connectivity index (χ2n) is 2.59. The molecule has 1 radical (unpaired) electrons. The molecular weight excluding hydrogens is 88.1 g/mol. The van der Waals surface area contributed by atoms with Gasteiger partial charge in [-0.3, -0.25) is 0 Å². The standard InChI is InChI=1S/C6H11O/c1-5-3-4-6(5,2)7/h3,5,7H,4H2,1-2H3/t5-,6+/m0/s1. The number of rotatable bonds is 0. The van der Waals surface area contributed by atoms with Gasteiger partial charge in [0.05, 0.1) is 5.60 Å². The Kier molecular flexibility index (Phi) is 0.890. The van der Waals surface area contributed by atoms with Gasteiger partial charge in [0.15, 0.2) is 0 Å². The lowest BCUT2D eigenvalue weighted by molar-refractivity contribution is -0.0302. The van der Waals surface area contributed by atoms with E-state index in [2.05, 4.69) is 6.42 Å². The molecular formula is C6H11O. The van der Waals surface area contributed by atoms with Crippen LogP contribution in [-0.2, 0) is 0 Å². The Morgan fingerprint density at radius 2 is 2.29 bits per heavy atom. The monoisotopic (exact) mass is 99.1 g/mol. The summed E-state index contributed by atoms with van der Waals surface area (Å²) in [7, 11) is 0. The van der Waals surface area contributed by atoms with Crippen molar-refractivity contribution in [3.63, 3.8) is 0 Å². The SMILES string of the molecule is C[C@H]1[CH]C[C@@]1(C)O. The minimum atomic E-state index is -0.375. The van der Waals surface area contributed by atoms with Crippen molar-refractivity contribution >= 4 is 0 Å². The highest BCUT2D eigenvalue weighted by Gasteiger charge is 2.37. The first-order valence-corrected chi connectivity index (χ1v) is 2.68. The Bertz CT molecular complexity index is 76.2. The first-order chi connectivity index (χ1) is 3.13. The van der Waals surface area contributed by atoms with E-state index in [0.29, 0.717) is 5.92 Å². The van der Waals surface area contributed by atoms with Gasteiger partial charge in [-0.25, -0.2) is 0 Å². The van der Waals surface area contributed by atoms with Crippen molar-refractivity contribution in [1.29, 1.82) is 0 Å². The summed E-state index contributed by atoms with van der Waals surface area (Å²) < 4.78 is 0. The van der Waals surface area contributed by atoms with Crippen LogP contribution >= 0.6 is 0 Å². The largest absolute Gasteiger partial charge is 0.390 e. The maximum Gasteiger partial charge on any atom is 0.0650 e. The molecule has 0 aromatic heterocycles. The van der Waals surface area contributed by atoms with Crippen LogP contribution in [0.3, 0.4) is 0 Å². The minimum Gasteiger partial charge on any atom is -0.390 e. The van der Waals surface area contributed by atoms with Gasteiger partial charge in [0.2, 0.25) is 0 Å². The second kappa shape index (κ2) is 1.22. The van der Waals surface area contributed by atoms with Crippen molar-refractivity contribution in [2.24, 2.45) is 5.92 Å². The molecule has 1 heteroatoms. The maximum absolute atomic E-state index is 9.15. The van der Waals surface area contributed by atoms with Crippen LogP contribution in [0.25, 0.3) is 0 Å². The highest BCUT2D eigenvalue weighted by molar-refractivity contribution is 5.02. The first kappa shape index (κ1) is 5.10. The van der Waals surface area contributed by atoms with E-state index in [1.165, 1.54) is 0 Å². The molecule has 1 N–H and O–H groups in total. The van der Waals surface area contributed by atoms with Gasteiger partial charge in [-0.15, -0.1) is 0 Å².